The van der Waals surface area contributed by atoms with Crippen molar-refractivity contribution in [2.24, 2.45) is 0 Å². The monoisotopic (exact) mass is 271 g/mol. The normalized spacial score (nSPS) is 10.9. The van der Waals surface area contributed by atoms with E-state index in [1.165, 1.54) is 6.07 Å². The van der Waals surface area contributed by atoms with E-state index in [0.717, 1.165) is 27.9 Å². The van der Waals surface area contributed by atoms with E-state index in [9.17, 15) is 4.79 Å². The van der Waals surface area contributed by atoms with Gasteiger partial charge in [0.1, 0.15) is 11.4 Å². The molecule has 3 N–H and O–H groups in total. The number of aromatic amines is 2. The maximum atomic E-state index is 11.0. The molecule has 0 saturated carbocycles. The highest BCUT2D eigenvalue weighted by Crippen LogP contribution is 2.37. The van der Waals surface area contributed by atoms with Crippen LogP contribution in [0, 0.1) is 6.92 Å². The van der Waals surface area contributed by atoms with Gasteiger partial charge in [-0.15, -0.1) is 0 Å². The van der Waals surface area contributed by atoms with E-state index in [4.69, 9.17) is 9.84 Å². The summed E-state index contributed by atoms with van der Waals surface area (Å²) < 4.78 is 5.38. The Labute approximate surface area is 114 Å². The van der Waals surface area contributed by atoms with Crippen LogP contribution in [0.1, 0.15) is 16.2 Å². The van der Waals surface area contributed by atoms with Gasteiger partial charge in [-0.1, -0.05) is 6.07 Å². The first kappa shape index (κ1) is 12.3. The summed E-state index contributed by atoms with van der Waals surface area (Å²) in [5.41, 5.74) is 3.32. The quantitative estimate of drug-likeness (QED) is 0.682. The van der Waals surface area contributed by atoms with Crippen LogP contribution in [0.5, 0.6) is 5.75 Å². The Morgan fingerprint density at radius 1 is 1.40 bits per heavy atom. The predicted molar refractivity (Wildman–Crippen MR) is 74.1 cm³/mol. The van der Waals surface area contributed by atoms with Gasteiger partial charge in [-0.3, -0.25) is 5.10 Å². The Bertz CT molecular complexity index is 801. The SMILES string of the molecule is COc1cccc2[nH]c(C)c(-c3cc(C(=O)O)[nH]n3)c12. The van der Waals surface area contributed by atoms with Gasteiger partial charge in [0, 0.05) is 11.3 Å². The van der Waals surface area contributed by atoms with Crippen LogP contribution >= 0.6 is 0 Å². The van der Waals surface area contributed by atoms with Crippen molar-refractivity contribution in [3.63, 3.8) is 0 Å². The largest absolute Gasteiger partial charge is 0.496 e. The molecule has 0 saturated heterocycles. The number of aromatic nitrogens is 3. The summed E-state index contributed by atoms with van der Waals surface area (Å²) in [6, 6.07) is 7.22. The molecule has 6 nitrogen and oxygen atoms in total. The van der Waals surface area contributed by atoms with Gasteiger partial charge in [0.05, 0.1) is 23.7 Å². The molecule has 0 bridgehead atoms. The third-order valence-electron chi connectivity index (χ3n) is 3.26. The number of carboxylic acids is 1. The van der Waals surface area contributed by atoms with E-state index in [1.54, 1.807) is 7.11 Å². The molecule has 0 radical (unpaired) electrons. The zero-order valence-electron chi connectivity index (χ0n) is 11.0. The third-order valence-corrected chi connectivity index (χ3v) is 3.26. The lowest BCUT2D eigenvalue weighted by Gasteiger charge is -2.03. The van der Waals surface area contributed by atoms with Crippen molar-refractivity contribution in [2.45, 2.75) is 6.92 Å². The first-order chi connectivity index (χ1) is 9.61. The van der Waals surface area contributed by atoms with E-state index in [-0.39, 0.29) is 5.69 Å². The number of carboxylic acid groups (broad SMARTS) is 1. The fourth-order valence-electron chi connectivity index (χ4n) is 2.39. The topological polar surface area (TPSA) is 91.0 Å². The lowest BCUT2D eigenvalue weighted by atomic mass is 10.1. The fourth-order valence-corrected chi connectivity index (χ4v) is 2.39. The molecule has 2 aromatic heterocycles. The van der Waals surface area contributed by atoms with E-state index >= 15 is 0 Å². The van der Waals surface area contributed by atoms with Crippen LogP contribution in [0.3, 0.4) is 0 Å². The number of benzene rings is 1. The Morgan fingerprint density at radius 2 is 2.20 bits per heavy atom. The molecule has 2 heterocycles. The summed E-state index contributed by atoms with van der Waals surface area (Å²) in [6.45, 7) is 1.92. The molecule has 0 fully saturated rings. The molecule has 0 spiro atoms. The second kappa shape index (κ2) is 4.41. The van der Waals surface area contributed by atoms with Gasteiger partial charge >= 0.3 is 5.97 Å². The highest BCUT2D eigenvalue weighted by molar-refractivity contribution is 6.01. The van der Waals surface area contributed by atoms with Gasteiger partial charge in [-0.05, 0) is 25.1 Å². The average molecular weight is 271 g/mol. The number of methoxy groups -OCH3 is 1. The van der Waals surface area contributed by atoms with Crippen LogP contribution in [0.4, 0.5) is 0 Å². The molecule has 0 atom stereocenters. The molecule has 0 aliphatic rings. The molecular formula is C14H13N3O3. The second-order valence-electron chi connectivity index (χ2n) is 4.48. The van der Waals surface area contributed by atoms with Crippen LogP contribution in [0.2, 0.25) is 0 Å². The number of ether oxygens (including phenoxy) is 1. The van der Waals surface area contributed by atoms with Crippen LogP contribution < -0.4 is 4.74 Å². The summed E-state index contributed by atoms with van der Waals surface area (Å²) in [7, 11) is 1.61. The molecule has 0 aliphatic carbocycles. The number of aryl methyl sites for hydroxylation is 1. The number of carbonyl (C=O) groups is 1. The first-order valence-corrected chi connectivity index (χ1v) is 6.06. The summed E-state index contributed by atoms with van der Waals surface area (Å²) in [4.78, 5) is 14.2. The number of H-pyrrole nitrogens is 2. The summed E-state index contributed by atoms with van der Waals surface area (Å²) in [5.74, 6) is -0.310. The number of rotatable bonds is 3. The van der Waals surface area contributed by atoms with E-state index < -0.39 is 5.97 Å². The number of hydrogen-bond donors (Lipinski definition) is 3. The number of nitrogens with one attached hydrogen (secondary N) is 2. The van der Waals surface area contributed by atoms with Crippen molar-refractivity contribution in [3.8, 4) is 17.0 Å². The number of hydrogen-bond acceptors (Lipinski definition) is 3. The molecule has 1 aromatic carbocycles. The van der Waals surface area contributed by atoms with E-state index in [2.05, 4.69) is 15.2 Å². The van der Waals surface area contributed by atoms with Gasteiger partial charge in [-0.2, -0.15) is 5.10 Å². The highest BCUT2D eigenvalue weighted by atomic mass is 16.5. The van der Waals surface area contributed by atoms with Gasteiger partial charge < -0.3 is 14.8 Å². The Morgan fingerprint density at radius 3 is 2.85 bits per heavy atom. The van der Waals surface area contributed by atoms with Crippen molar-refractivity contribution in [3.05, 3.63) is 35.7 Å². The molecule has 0 amide bonds. The zero-order valence-corrected chi connectivity index (χ0v) is 11.0. The Hall–Kier alpha value is -2.76. The van der Waals surface area contributed by atoms with Gasteiger partial charge in [0.25, 0.3) is 0 Å². The average Bonchev–Trinajstić information content (AvgIpc) is 3.01. The minimum atomic E-state index is -1.03. The maximum absolute atomic E-state index is 11.0. The Balaban J connectivity index is 2.29. The minimum Gasteiger partial charge on any atom is -0.496 e. The van der Waals surface area contributed by atoms with Crippen LogP contribution in [0.15, 0.2) is 24.3 Å². The second-order valence-corrected chi connectivity index (χ2v) is 4.48. The summed E-state index contributed by atoms with van der Waals surface area (Å²) >= 11 is 0. The van der Waals surface area contributed by atoms with Crippen molar-refractivity contribution in [1.29, 1.82) is 0 Å². The molecular weight excluding hydrogens is 258 g/mol. The molecule has 3 aromatic rings. The maximum Gasteiger partial charge on any atom is 0.353 e. The lowest BCUT2D eigenvalue weighted by Crippen LogP contribution is -1.95. The van der Waals surface area contributed by atoms with Crippen molar-refractivity contribution in [2.75, 3.05) is 7.11 Å². The lowest BCUT2D eigenvalue weighted by molar-refractivity contribution is 0.0690. The minimum absolute atomic E-state index is 0.0589. The molecule has 0 unspecified atom stereocenters. The Kier molecular flexibility index (Phi) is 2.71. The number of aromatic carboxylic acids is 1. The zero-order chi connectivity index (χ0) is 14.3. The molecule has 102 valence electrons. The van der Waals surface area contributed by atoms with Crippen LogP contribution in [-0.2, 0) is 0 Å². The van der Waals surface area contributed by atoms with E-state index in [1.807, 2.05) is 25.1 Å². The molecule has 0 aliphatic heterocycles. The van der Waals surface area contributed by atoms with Crippen molar-refractivity contribution in [1.82, 2.24) is 15.2 Å². The van der Waals surface area contributed by atoms with Crippen molar-refractivity contribution < 1.29 is 14.6 Å². The third kappa shape index (κ3) is 1.73. The number of fused-ring (bicyclic) bond motifs is 1. The highest BCUT2D eigenvalue weighted by Gasteiger charge is 2.18. The molecule has 3 rings (SSSR count). The van der Waals surface area contributed by atoms with Gasteiger partial charge in [0.2, 0.25) is 0 Å². The molecule has 6 heteroatoms. The van der Waals surface area contributed by atoms with Gasteiger partial charge in [-0.25, -0.2) is 4.79 Å². The predicted octanol–water partition coefficient (Wildman–Crippen LogP) is 2.57. The summed E-state index contributed by atoms with van der Waals surface area (Å²) in [6.07, 6.45) is 0. The smallest absolute Gasteiger partial charge is 0.353 e. The fraction of sp³-hybridized carbons (Fsp3) is 0.143. The standard InChI is InChI=1S/C14H13N3O3/c1-7-12(9-6-10(14(18)19)17-16-9)13-8(15-7)4-3-5-11(13)20-2/h3-6,15H,1-2H3,(H,16,17)(H,18,19). The van der Waals surface area contributed by atoms with Crippen LogP contribution in [0.25, 0.3) is 22.2 Å². The van der Waals surface area contributed by atoms with Crippen molar-refractivity contribution >= 4 is 16.9 Å². The van der Waals surface area contributed by atoms with Crippen LogP contribution in [-0.4, -0.2) is 33.4 Å². The summed E-state index contributed by atoms with van der Waals surface area (Å²) in [5, 5.41) is 16.5. The van der Waals surface area contributed by atoms with E-state index in [0.29, 0.717) is 5.69 Å². The first-order valence-electron chi connectivity index (χ1n) is 6.06. The van der Waals surface area contributed by atoms with Gasteiger partial charge in [0.15, 0.2) is 0 Å². The molecule has 20 heavy (non-hydrogen) atoms. The number of nitrogens with zero attached hydrogens (tertiary/aromatic N) is 1.